The number of carbonyl (C=O) groups excluding carboxylic acids is 1. The zero-order chi connectivity index (χ0) is 17.5. The molecule has 0 aliphatic heterocycles. The van der Waals surface area contributed by atoms with E-state index >= 15 is 0 Å². The maximum Gasteiger partial charge on any atom is 0.319 e. The van der Waals surface area contributed by atoms with Crippen molar-refractivity contribution in [3.63, 3.8) is 0 Å². The molecule has 0 saturated carbocycles. The Kier molecular flexibility index (Phi) is 5.50. The highest BCUT2D eigenvalue weighted by Gasteiger charge is 2.19. The molecule has 0 unspecified atom stereocenters. The van der Waals surface area contributed by atoms with E-state index in [1.54, 1.807) is 0 Å². The second-order valence-corrected chi connectivity index (χ2v) is 5.93. The highest BCUT2D eigenvalue weighted by atomic mass is 16.3. The van der Waals surface area contributed by atoms with E-state index in [0.717, 1.165) is 17.5 Å². The number of urea groups is 1. The van der Waals surface area contributed by atoms with Gasteiger partial charge in [0.2, 0.25) is 0 Å². The quantitative estimate of drug-likeness (QED) is 0.597. The number of carbonyl (C=O) groups is 1. The summed E-state index contributed by atoms with van der Waals surface area (Å²) in [6.07, 6.45) is 4.57. The number of para-hydroxylation sites is 1. The molecule has 2 amide bonds. The molecule has 1 aliphatic rings. The summed E-state index contributed by atoms with van der Waals surface area (Å²) in [6, 6.07) is 16.8. The second kappa shape index (κ2) is 8.18. The van der Waals surface area contributed by atoms with E-state index in [1.807, 2.05) is 66.7 Å². The van der Waals surface area contributed by atoms with Crippen LogP contribution in [0.15, 0.2) is 66.7 Å². The average Bonchev–Trinajstić information content (AvgIpc) is 3.09. The number of anilines is 1. The van der Waals surface area contributed by atoms with Crippen LogP contribution in [0.25, 0.3) is 0 Å². The van der Waals surface area contributed by atoms with E-state index in [0.29, 0.717) is 5.69 Å². The summed E-state index contributed by atoms with van der Waals surface area (Å²) in [5.41, 5.74) is 2.36. The number of hydrogen-bond acceptors (Lipinski definition) is 2. The minimum atomic E-state index is -0.276. The van der Waals surface area contributed by atoms with Gasteiger partial charge in [0.1, 0.15) is 0 Å². The van der Waals surface area contributed by atoms with Crippen LogP contribution in [-0.4, -0.2) is 23.8 Å². The third-order valence-electron chi connectivity index (χ3n) is 4.01. The van der Waals surface area contributed by atoms with E-state index in [-0.39, 0.29) is 24.6 Å². The fraction of sp³-hybridized carbons (Fsp3) is 0.190. The van der Waals surface area contributed by atoms with Gasteiger partial charge in [-0.3, -0.25) is 0 Å². The molecule has 3 rings (SSSR count). The minimum Gasteiger partial charge on any atom is -0.396 e. The Morgan fingerprint density at radius 3 is 2.56 bits per heavy atom. The second-order valence-electron chi connectivity index (χ2n) is 5.93. The highest BCUT2D eigenvalue weighted by molar-refractivity contribution is 5.91. The smallest absolute Gasteiger partial charge is 0.319 e. The molecule has 4 nitrogen and oxygen atoms in total. The molecule has 0 fully saturated rings. The SMILES string of the molecule is O=C(Nc1ccccc1C#Cc1ccccc1)N[C@@H]1C=C[C@H](CO)C1. The lowest BCUT2D eigenvalue weighted by molar-refractivity contribution is 0.238. The lowest BCUT2D eigenvalue weighted by Gasteiger charge is -2.14. The first kappa shape index (κ1) is 16.8. The zero-order valence-corrected chi connectivity index (χ0v) is 13.8. The van der Waals surface area contributed by atoms with Gasteiger partial charge in [0, 0.05) is 29.7 Å². The van der Waals surface area contributed by atoms with Gasteiger partial charge in [0.25, 0.3) is 0 Å². The Balaban J connectivity index is 1.66. The van der Waals surface area contributed by atoms with Crippen molar-refractivity contribution in [1.82, 2.24) is 5.32 Å². The van der Waals surface area contributed by atoms with Crippen molar-refractivity contribution >= 4 is 11.7 Å². The van der Waals surface area contributed by atoms with Gasteiger partial charge in [-0.2, -0.15) is 0 Å². The summed E-state index contributed by atoms with van der Waals surface area (Å²) >= 11 is 0. The van der Waals surface area contributed by atoms with Crippen LogP contribution in [0.3, 0.4) is 0 Å². The Labute approximate surface area is 147 Å². The molecule has 2 aromatic rings. The number of aliphatic hydroxyl groups is 1. The first-order valence-electron chi connectivity index (χ1n) is 8.27. The maximum absolute atomic E-state index is 12.2. The highest BCUT2D eigenvalue weighted by Crippen LogP contribution is 2.18. The number of nitrogens with one attached hydrogen (secondary N) is 2. The monoisotopic (exact) mass is 332 g/mol. The van der Waals surface area contributed by atoms with Crippen LogP contribution in [0, 0.1) is 17.8 Å². The summed E-state index contributed by atoms with van der Waals surface area (Å²) in [7, 11) is 0. The topological polar surface area (TPSA) is 61.4 Å². The lowest BCUT2D eigenvalue weighted by Crippen LogP contribution is -2.36. The van der Waals surface area contributed by atoms with E-state index < -0.39 is 0 Å². The molecule has 25 heavy (non-hydrogen) atoms. The van der Waals surface area contributed by atoms with E-state index in [4.69, 9.17) is 5.11 Å². The van der Waals surface area contributed by atoms with Crippen LogP contribution < -0.4 is 10.6 Å². The predicted molar refractivity (Wildman–Crippen MR) is 99.1 cm³/mol. The summed E-state index contributed by atoms with van der Waals surface area (Å²) in [5, 5.41) is 14.9. The van der Waals surface area contributed by atoms with Gasteiger partial charge in [-0.25, -0.2) is 4.79 Å². The molecule has 3 N–H and O–H groups in total. The van der Waals surface area contributed by atoms with Gasteiger partial charge in [-0.15, -0.1) is 0 Å². The molecule has 4 heteroatoms. The molecule has 0 heterocycles. The third kappa shape index (κ3) is 4.72. The molecule has 0 radical (unpaired) electrons. The standard InChI is InChI=1S/C21H20N2O2/c24-15-17-11-13-19(14-17)22-21(25)23-20-9-5-4-8-18(20)12-10-16-6-2-1-3-7-16/h1-9,11,13,17,19,24H,14-15H2,(H2,22,23,25)/t17-,19+/m0/s1. The van der Waals surface area contributed by atoms with Crippen molar-refractivity contribution in [3.05, 3.63) is 77.9 Å². The van der Waals surface area contributed by atoms with Gasteiger partial charge in [0.05, 0.1) is 5.69 Å². The van der Waals surface area contributed by atoms with Crippen LogP contribution in [-0.2, 0) is 0 Å². The van der Waals surface area contributed by atoms with Crippen molar-refractivity contribution in [2.75, 3.05) is 11.9 Å². The van der Waals surface area contributed by atoms with Crippen molar-refractivity contribution < 1.29 is 9.90 Å². The first-order chi connectivity index (χ1) is 12.2. The Morgan fingerprint density at radius 2 is 1.80 bits per heavy atom. The number of aliphatic hydroxyl groups excluding tert-OH is 1. The van der Waals surface area contributed by atoms with Gasteiger partial charge < -0.3 is 15.7 Å². The van der Waals surface area contributed by atoms with Crippen LogP contribution in [0.5, 0.6) is 0 Å². The number of hydrogen-bond donors (Lipinski definition) is 3. The first-order valence-corrected chi connectivity index (χ1v) is 8.27. The Morgan fingerprint density at radius 1 is 1.04 bits per heavy atom. The maximum atomic E-state index is 12.2. The largest absolute Gasteiger partial charge is 0.396 e. The van der Waals surface area contributed by atoms with Crippen LogP contribution >= 0.6 is 0 Å². The van der Waals surface area contributed by atoms with Gasteiger partial charge in [-0.05, 0) is 30.7 Å². The van der Waals surface area contributed by atoms with Crippen molar-refractivity contribution in [2.45, 2.75) is 12.5 Å². The Hall–Kier alpha value is -3.03. The van der Waals surface area contributed by atoms with Crippen molar-refractivity contribution in [1.29, 1.82) is 0 Å². The fourth-order valence-electron chi connectivity index (χ4n) is 2.71. The third-order valence-corrected chi connectivity index (χ3v) is 4.01. The van der Waals surface area contributed by atoms with Crippen molar-refractivity contribution in [3.8, 4) is 11.8 Å². The normalized spacial score (nSPS) is 18.3. The van der Waals surface area contributed by atoms with Crippen LogP contribution in [0.1, 0.15) is 17.5 Å². The summed E-state index contributed by atoms with van der Waals surface area (Å²) < 4.78 is 0. The molecular formula is C21H20N2O2. The summed E-state index contributed by atoms with van der Waals surface area (Å²) in [4.78, 5) is 12.2. The van der Waals surface area contributed by atoms with Gasteiger partial charge >= 0.3 is 6.03 Å². The number of amides is 2. The van der Waals surface area contributed by atoms with Crippen molar-refractivity contribution in [2.24, 2.45) is 5.92 Å². The summed E-state index contributed by atoms with van der Waals surface area (Å²) in [6.45, 7) is 0.105. The molecule has 2 atom stereocenters. The number of rotatable bonds is 3. The molecule has 0 aromatic heterocycles. The van der Waals surface area contributed by atoms with E-state index in [9.17, 15) is 4.79 Å². The molecule has 1 aliphatic carbocycles. The van der Waals surface area contributed by atoms with Gasteiger partial charge in [-0.1, -0.05) is 54.3 Å². The van der Waals surface area contributed by atoms with Gasteiger partial charge in [0.15, 0.2) is 0 Å². The van der Waals surface area contributed by atoms with E-state index in [1.165, 1.54) is 0 Å². The predicted octanol–water partition coefficient (Wildman–Crippen LogP) is 3.14. The molecular weight excluding hydrogens is 312 g/mol. The van der Waals surface area contributed by atoms with E-state index in [2.05, 4.69) is 22.5 Å². The molecule has 0 saturated heterocycles. The molecule has 0 bridgehead atoms. The molecule has 2 aromatic carbocycles. The minimum absolute atomic E-state index is 0.0558. The van der Waals surface area contributed by atoms with Crippen LogP contribution in [0.4, 0.5) is 10.5 Å². The fourth-order valence-corrected chi connectivity index (χ4v) is 2.71. The number of benzene rings is 2. The lowest BCUT2D eigenvalue weighted by atomic mass is 10.1. The molecule has 0 spiro atoms. The average molecular weight is 332 g/mol. The molecule has 126 valence electrons. The van der Waals surface area contributed by atoms with Crippen LogP contribution in [0.2, 0.25) is 0 Å². The summed E-state index contributed by atoms with van der Waals surface area (Å²) in [5.74, 6) is 6.33. The zero-order valence-electron chi connectivity index (χ0n) is 13.8. The Bertz CT molecular complexity index is 819.